The van der Waals surface area contributed by atoms with Gasteiger partial charge in [-0.2, -0.15) is 0 Å². The van der Waals surface area contributed by atoms with Gasteiger partial charge >= 0.3 is 6.03 Å². The molecule has 1 N–H and O–H groups in total. The van der Waals surface area contributed by atoms with Crippen LogP contribution >= 0.6 is 11.6 Å². The molecular formula is C19H28ClN3O3. The van der Waals surface area contributed by atoms with E-state index in [2.05, 4.69) is 10.2 Å². The summed E-state index contributed by atoms with van der Waals surface area (Å²) in [4.78, 5) is 16.6. The molecule has 6 nitrogen and oxygen atoms in total. The summed E-state index contributed by atoms with van der Waals surface area (Å²) in [6.07, 6.45) is 1.82. The lowest BCUT2D eigenvalue weighted by Gasteiger charge is -2.35. The summed E-state index contributed by atoms with van der Waals surface area (Å²) in [6.45, 7) is 8.25. The molecule has 144 valence electrons. The third-order valence-electron chi connectivity index (χ3n) is 5.01. The quantitative estimate of drug-likeness (QED) is 0.851. The van der Waals surface area contributed by atoms with Gasteiger partial charge in [-0.1, -0.05) is 11.6 Å². The molecule has 2 aliphatic heterocycles. The highest BCUT2D eigenvalue weighted by molar-refractivity contribution is 6.30. The van der Waals surface area contributed by atoms with Crippen molar-refractivity contribution in [2.45, 2.75) is 25.8 Å². The number of piperazine rings is 1. The standard InChI is InChI=1S/C19H28ClN3O3/c1-15-14-16(20)2-3-18(15)26-13-10-22-6-8-23(9-7-22)19(24)21-17-4-11-25-12-5-17/h2-3,14,17H,4-13H2,1H3,(H,21,24). The number of ether oxygens (including phenoxy) is 2. The lowest BCUT2D eigenvalue weighted by molar-refractivity contribution is 0.0755. The molecule has 0 radical (unpaired) electrons. The molecule has 0 aliphatic carbocycles. The van der Waals surface area contributed by atoms with Gasteiger partial charge in [0.1, 0.15) is 12.4 Å². The molecule has 2 aliphatic rings. The Balaban J connectivity index is 1.35. The minimum atomic E-state index is 0.0598. The third-order valence-corrected chi connectivity index (χ3v) is 5.25. The van der Waals surface area contributed by atoms with Crippen molar-refractivity contribution in [3.63, 3.8) is 0 Å². The van der Waals surface area contributed by atoms with Crippen LogP contribution in [-0.4, -0.2) is 74.4 Å². The zero-order valence-corrected chi connectivity index (χ0v) is 16.1. The summed E-state index contributed by atoms with van der Waals surface area (Å²) in [5.41, 5.74) is 1.05. The predicted octanol–water partition coefficient (Wildman–Crippen LogP) is 2.53. The molecule has 0 atom stereocenters. The van der Waals surface area contributed by atoms with E-state index in [4.69, 9.17) is 21.1 Å². The lowest BCUT2D eigenvalue weighted by Crippen LogP contribution is -2.54. The van der Waals surface area contributed by atoms with Crippen LogP contribution in [0.4, 0.5) is 4.79 Å². The van der Waals surface area contributed by atoms with Crippen molar-refractivity contribution in [2.75, 3.05) is 52.5 Å². The van der Waals surface area contributed by atoms with Crippen LogP contribution < -0.4 is 10.1 Å². The highest BCUT2D eigenvalue weighted by atomic mass is 35.5. The first-order chi connectivity index (χ1) is 12.6. The Morgan fingerprint density at radius 1 is 1.27 bits per heavy atom. The minimum Gasteiger partial charge on any atom is -0.492 e. The summed E-state index contributed by atoms with van der Waals surface area (Å²) in [7, 11) is 0. The molecule has 0 aromatic heterocycles. The highest BCUT2D eigenvalue weighted by Crippen LogP contribution is 2.21. The van der Waals surface area contributed by atoms with E-state index in [9.17, 15) is 4.79 Å². The van der Waals surface area contributed by atoms with Gasteiger partial charge in [0.15, 0.2) is 0 Å². The number of rotatable bonds is 5. The van der Waals surface area contributed by atoms with E-state index in [1.807, 2.05) is 30.0 Å². The third kappa shape index (κ3) is 5.50. The van der Waals surface area contributed by atoms with Gasteiger partial charge in [-0.3, -0.25) is 4.90 Å². The molecule has 1 aromatic carbocycles. The maximum atomic E-state index is 12.4. The van der Waals surface area contributed by atoms with Crippen molar-refractivity contribution in [3.05, 3.63) is 28.8 Å². The molecule has 0 bridgehead atoms. The molecular weight excluding hydrogens is 354 g/mol. The molecule has 0 saturated carbocycles. The molecule has 0 spiro atoms. The van der Waals surface area contributed by atoms with Gasteiger partial charge in [-0.15, -0.1) is 0 Å². The van der Waals surface area contributed by atoms with E-state index in [1.54, 1.807) is 0 Å². The molecule has 2 fully saturated rings. The molecule has 2 amide bonds. The van der Waals surface area contributed by atoms with Crippen LogP contribution in [0.15, 0.2) is 18.2 Å². The van der Waals surface area contributed by atoms with Crippen molar-refractivity contribution < 1.29 is 14.3 Å². The number of hydrogen-bond donors (Lipinski definition) is 1. The molecule has 3 rings (SSSR count). The van der Waals surface area contributed by atoms with Crippen LogP contribution in [0.5, 0.6) is 5.75 Å². The fraction of sp³-hybridized carbons (Fsp3) is 0.632. The number of amides is 2. The van der Waals surface area contributed by atoms with Gasteiger partial charge in [0, 0.05) is 57.0 Å². The van der Waals surface area contributed by atoms with Crippen molar-refractivity contribution in [2.24, 2.45) is 0 Å². The first kappa shape index (κ1) is 19.3. The van der Waals surface area contributed by atoms with Gasteiger partial charge < -0.3 is 19.7 Å². The van der Waals surface area contributed by atoms with Crippen LogP contribution in [0, 0.1) is 6.92 Å². The fourth-order valence-electron chi connectivity index (χ4n) is 3.34. The smallest absolute Gasteiger partial charge is 0.317 e. The van der Waals surface area contributed by atoms with Crippen LogP contribution in [0.2, 0.25) is 5.02 Å². The van der Waals surface area contributed by atoms with E-state index < -0.39 is 0 Å². The summed E-state index contributed by atoms with van der Waals surface area (Å²) < 4.78 is 11.2. The number of halogens is 1. The maximum absolute atomic E-state index is 12.4. The van der Waals surface area contributed by atoms with Crippen LogP contribution in [0.25, 0.3) is 0 Å². The normalized spacial score (nSPS) is 19.4. The molecule has 7 heteroatoms. The maximum Gasteiger partial charge on any atom is 0.317 e. The Hall–Kier alpha value is -1.50. The Morgan fingerprint density at radius 2 is 2.00 bits per heavy atom. The number of urea groups is 1. The Kier molecular flexibility index (Phi) is 7.00. The van der Waals surface area contributed by atoms with Crippen molar-refractivity contribution in [1.29, 1.82) is 0 Å². The molecule has 1 aromatic rings. The van der Waals surface area contributed by atoms with Gasteiger partial charge in [0.05, 0.1) is 0 Å². The largest absolute Gasteiger partial charge is 0.492 e. The number of nitrogens with one attached hydrogen (secondary N) is 1. The van der Waals surface area contributed by atoms with Crippen LogP contribution in [-0.2, 0) is 4.74 Å². The second-order valence-corrected chi connectivity index (χ2v) is 7.36. The van der Waals surface area contributed by atoms with Gasteiger partial charge in [0.2, 0.25) is 0 Å². The Bertz CT molecular complexity index is 600. The average molecular weight is 382 g/mol. The van der Waals surface area contributed by atoms with Crippen LogP contribution in [0.3, 0.4) is 0 Å². The average Bonchev–Trinajstić information content (AvgIpc) is 2.65. The Labute approximate surface area is 160 Å². The Morgan fingerprint density at radius 3 is 2.69 bits per heavy atom. The number of benzene rings is 1. The number of carbonyl (C=O) groups excluding carboxylic acids is 1. The van der Waals surface area contributed by atoms with E-state index >= 15 is 0 Å². The number of nitrogens with zero attached hydrogens (tertiary/aromatic N) is 2. The number of aryl methyl sites for hydroxylation is 1. The van der Waals surface area contributed by atoms with Gasteiger partial charge in [0.25, 0.3) is 0 Å². The van der Waals surface area contributed by atoms with Crippen molar-refractivity contribution in [1.82, 2.24) is 15.1 Å². The van der Waals surface area contributed by atoms with Gasteiger partial charge in [-0.25, -0.2) is 4.79 Å². The van der Waals surface area contributed by atoms with E-state index in [0.29, 0.717) is 6.61 Å². The first-order valence-corrected chi connectivity index (χ1v) is 9.74. The number of carbonyl (C=O) groups is 1. The fourth-order valence-corrected chi connectivity index (χ4v) is 3.57. The summed E-state index contributed by atoms with van der Waals surface area (Å²) in [5.74, 6) is 0.879. The van der Waals surface area contributed by atoms with E-state index in [0.717, 1.165) is 75.1 Å². The lowest BCUT2D eigenvalue weighted by atomic mass is 10.1. The van der Waals surface area contributed by atoms with Gasteiger partial charge in [-0.05, 0) is 43.5 Å². The monoisotopic (exact) mass is 381 g/mol. The van der Waals surface area contributed by atoms with E-state index in [-0.39, 0.29) is 12.1 Å². The highest BCUT2D eigenvalue weighted by Gasteiger charge is 2.23. The van der Waals surface area contributed by atoms with E-state index in [1.165, 1.54) is 0 Å². The SMILES string of the molecule is Cc1cc(Cl)ccc1OCCN1CCN(C(=O)NC2CCOCC2)CC1. The summed E-state index contributed by atoms with van der Waals surface area (Å²) in [6, 6.07) is 5.98. The second kappa shape index (κ2) is 9.44. The first-order valence-electron chi connectivity index (χ1n) is 9.36. The van der Waals surface area contributed by atoms with Crippen LogP contribution in [0.1, 0.15) is 18.4 Å². The topological polar surface area (TPSA) is 54.0 Å². The molecule has 0 unspecified atom stereocenters. The summed E-state index contributed by atoms with van der Waals surface area (Å²) in [5, 5.41) is 3.86. The predicted molar refractivity (Wildman–Crippen MR) is 102 cm³/mol. The van der Waals surface area contributed by atoms with Crippen molar-refractivity contribution >= 4 is 17.6 Å². The minimum absolute atomic E-state index is 0.0598. The molecule has 2 saturated heterocycles. The second-order valence-electron chi connectivity index (χ2n) is 6.92. The zero-order valence-electron chi connectivity index (χ0n) is 15.4. The number of hydrogen-bond acceptors (Lipinski definition) is 4. The molecule has 26 heavy (non-hydrogen) atoms. The molecule has 2 heterocycles. The summed E-state index contributed by atoms with van der Waals surface area (Å²) >= 11 is 5.97. The zero-order chi connectivity index (χ0) is 18.4. The van der Waals surface area contributed by atoms with Crippen molar-refractivity contribution in [3.8, 4) is 5.75 Å².